The Morgan fingerprint density at radius 2 is 1.82 bits per heavy atom. The topological polar surface area (TPSA) is 46.4 Å². The van der Waals surface area contributed by atoms with E-state index in [0.717, 1.165) is 25.9 Å². The van der Waals surface area contributed by atoms with E-state index in [4.69, 9.17) is 0 Å². The molecule has 2 rings (SSSR count). The minimum Gasteiger partial charge on any atom is -0.372 e. The first-order chi connectivity index (χ1) is 8.27. The number of nitrogens with zero attached hydrogens (tertiary/aromatic N) is 2. The maximum atomic E-state index is 11.1. The van der Waals surface area contributed by atoms with Gasteiger partial charge in [-0.15, -0.1) is 0 Å². The zero-order valence-electron chi connectivity index (χ0n) is 9.71. The summed E-state index contributed by atoms with van der Waals surface area (Å²) >= 11 is 0. The van der Waals surface area contributed by atoms with Crippen LogP contribution in [0.4, 0.5) is 0 Å². The molecule has 0 unspecified atom stereocenters. The van der Waals surface area contributed by atoms with Crippen LogP contribution >= 0.6 is 0 Å². The van der Waals surface area contributed by atoms with Crippen LogP contribution in [0.2, 0.25) is 0 Å². The highest BCUT2D eigenvalue weighted by Crippen LogP contribution is 2.18. The van der Waals surface area contributed by atoms with E-state index in [-0.39, 0.29) is 10.6 Å². The van der Waals surface area contributed by atoms with Crippen molar-refractivity contribution in [3.63, 3.8) is 0 Å². The molecule has 1 saturated heterocycles. The molecule has 1 aliphatic rings. The molecule has 1 heterocycles. The first-order valence-electron chi connectivity index (χ1n) is 5.93. The predicted octanol–water partition coefficient (Wildman–Crippen LogP) is 2.75. The lowest BCUT2D eigenvalue weighted by Crippen LogP contribution is -2.25. The average Bonchev–Trinajstić information content (AvgIpc) is 2.38. The van der Waals surface area contributed by atoms with Crippen LogP contribution in [0.15, 0.2) is 36.5 Å². The van der Waals surface area contributed by atoms with Gasteiger partial charge in [-0.1, -0.05) is 18.2 Å². The van der Waals surface area contributed by atoms with Gasteiger partial charge in [-0.3, -0.25) is 10.1 Å². The average molecular weight is 232 g/mol. The number of likely N-dealkylation sites (tertiary alicyclic amines) is 1. The van der Waals surface area contributed by atoms with E-state index in [9.17, 15) is 10.1 Å². The maximum absolute atomic E-state index is 11.1. The molecule has 4 heteroatoms. The number of hydrogen-bond donors (Lipinski definition) is 0. The summed E-state index contributed by atoms with van der Waals surface area (Å²) in [6, 6.07) is 9.06. The molecule has 4 nitrogen and oxygen atoms in total. The quantitative estimate of drug-likeness (QED) is 0.594. The molecular formula is C13H16N2O2. The Bertz CT molecular complexity index is 409. The van der Waals surface area contributed by atoms with Crippen molar-refractivity contribution >= 4 is 5.70 Å². The largest absolute Gasteiger partial charge is 0.372 e. The molecule has 1 fully saturated rings. The molecule has 0 aliphatic carbocycles. The molecule has 0 bridgehead atoms. The zero-order valence-corrected chi connectivity index (χ0v) is 9.71. The summed E-state index contributed by atoms with van der Waals surface area (Å²) in [5, 5.41) is 11.1. The van der Waals surface area contributed by atoms with Gasteiger partial charge in [0, 0.05) is 13.1 Å². The van der Waals surface area contributed by atoms with Gasteiger partial charge < -0.3 is 4.90 Å². The van der Waals surface area contributed by atoms with Crippen molar-refractivity contribution in [2.24, 2.45) is 0 Å². The summed E-state index contributed by atoms with van der Waals surface area (Å²) in [4.78, 5) is 12.8. The lowest BCUT2D eigenvalue weighted by atomic mass is 10.1. The van der Waals surface area contributed by atoms with E-state index in [1.165, 1.54) is 6.42 Å². The molecule has 0 N–H and O–H groups in total. The summed E-state index contributed by atoms with van der Waals surface area (Å²) in [6.07, 6.45) is 5.16. The highest BCUT2D eigenvalue weighted by molar-refractivity contribution is 5.57. The number of hydrogen-bond acceptors (Lipinski definition) is 3. The monoisotopic (exact) mass is 232 g/mol. The van der Waals surface area contributed by atoms with E-state index in [1.807, 2.05) is 18.2 Å². The fourth-order valence-electron chi connectivity index (χ4n) is 2.06. The van der Waals surface area contributed by atoms with Crippen LogP contribution in [0.3, 0.4) is 0 Å². The number of benzene rings is 1. The second kappa shape index (κ2) is 5.48. The van der Waals surface area contributed by atoms with Crippen LogP contribution in [-0.2, 0) is 0 Å². The van der Waals surface area contributed by atoms with Crippen molar-refractivity contribution in [2.75, 3.05) is 13.1 Å². The summed E-state index contributed by atoms with van der Waals surface area (Å²) < 4.78 is 0. The van der Waals surface area contributed by atoms with E-state index >= 15 is 0 Å². The number of piperidine rings is 1. The third-order valence-corrected chi connectivity index (χ3v) is 2.96. The van der Waals surface area contributed by atoms with Crippen molar-refractivity contribution < 1.29 is 4.92 Å². The Kier molecular flexibility index (Phi) is 3.75. The molecule has 0 aromatic heterocycles. The van der Waals surface area contributed by atoms with Gasteiger partial charge in [0.15, 0.2) is 0 Å². The molecule has 0 radical (unpaired) electrons. The lowest BCUT2D eigenvalue weighted by molar-refractivity contribution is -0.376. The third kappa shape index (κ3) is 3.06. The lowest BCUT2D eigenvalue weighted by Gasteiger charge is -2.24. The van der Waals surface area contributed by atoms with Gasteiger partial charge in [0.05, 0.1) is 16.7 Å². The van der Waals surface area contributed by atoms with Crippen LogP contribution in [0.1, 0.15) is 24.8 Å². The highest BCUT2D eigenvalue weighted by Gasteiger charge is 2.16. The van der Waals surface area contributed by atoms with E-state index in [1.54, 1.807) is 18.3 Å². The fourth-order valence-corrected chi connectivity index (χ4v) is 2.06. The summed E-state index contributed by atoms with van der Waals surface area (Å²) in [6.45, 7) is 1.84. The van der Waals surface area contributed by atoms with Crippen molar-refractivity contribution in [1.29, 1.82) is 0 Å². The van der Waals surface area contributed by atoms with E-state index in [0.29, 0.717) is 5.56 Å². The predicted molar refractivity (Wildman–Crippen MR) is 66.8 cm³/mol. The molecule has 0 saturated carbocycles. The third-order valence-electron chi connectivity index (χ3n) is 2.96. The normalized spacial score (nSPS) is 16.9. The van der Waals surface area contributed by atoms with Gasteiger partial charge in [-0.05, 0) is 31.4 Å². The van der Waals surface area contributed by atoms with Gasteiger partial charge in [0.2, 0.25) is 0 Å². The van der Waals surface area contributed by atoms with Crippen molar-refractivity contribution in [2.45, 2.75) is 19.3 Å². The van der Waals surface area contributed by atoms with Gasteiger partial charge in [-0.25, -0.2) is 0 Å². The second-order valence-corrected chi connectivity index (χ2v) is 4.23. The minimum absolute atomic E-state index is 0.188. The molecule has 90 valence electrons. The first-order valence-corrected chi connectivity index (χ1v) is 5.93. The molecule has 0 atom stereocenters. The second-order valence-electron chi connectivity index (χ2n) is 4.23. The Morgan fingerprint density at radius 1 is 1.18 bits per heavy atom. The maximum Gasteiger partial charge on any atom is 0.292 e. The first kappa shape index (κ1) is 11.6. The summed E-state index contributed by atoms with van der Waals surface area (Å²) in [5.41, 5.74) is 0.857. The van der Waals surface area contributed by atoms with Crippen LogP contribution < -0.4 is 0 Å². The Labute approximate surface area is 101 Å². The van der Waals surface area contributed by atoms with Crippen LogP contribution in [0.25, 0.3) is 5.70 Å². The van der Waals surface area contributed by atoms with Crippen LogP contribution in [-0.4, -0.2) is 22.9 Å². The molecule has 0 amide bonds. The van der Waals surface area contributed by atoms with Crippen molar-refractivity contribution in [1.82, 2.24) is 4.90 Å². The molecular weight excluding hydrogens is 216 g/mol. The smallest absolute Gasteiger partial charge is 0.292 e. The molecule has 1 aliphatic heterocycles. The molecule has 17 heavy (non-hydrogen) atoms. The Hall–Kier alpha value is -1.84. The van der Waals surface area contributed by atoms with Crippen LogP contribution in [0.5, 0.6) is 0 Å². The number of rotatable bonds is 3. The SMILES string of the molecule is O=[N+]([O-])C(=CN1CCCCC1)c1ccccc1. The standard InChI is InChI=1S/C13H16N2O2/c16-15(17)13(12-7-3-1-4-8-12)11-14-9-5-2-6-10-14/h1,3-4,7-8,11H,2,5-6,9-10H2. The number of nitro groups is 1. The van der Waals surface area contributed by atoms with Gasteiger partial charge in [0.1, 0.15) is 0 Å². The zero-order chi connectivity index (χ0) is 12.1. The van der Waals surface area contributed by atoms with Gasteiger partial charge in [-0.2, -0.15) is 0 Å². The summed E-state index contributed by atoms with van der Waals surface area (Å²) in [5.74, 6) is 0. The molecule has 0 spiro atoms. The van der Waals surface area contributed by atoms with Crippen molar-refractivity contribution in [3.8, 4) is 0 Å². The van der Waals surface area contributed by atoms with Gasteiger partial charge >= 0.3 is 0 Å². The Morgan fingerprint density at radius 3 is 2.41 bits per heavy atom. The molecule has 1 aromatic rings. The van der Waals surface area contributed by atoms with Crippen LogP contribution in [0, 0.1) is 10.1 Å². The summed E-state index contributed by atoms with van der Waals surface area (Å²) in [7, 11) is 0. The van der Waals surface area contributed by atoms with E-state index in [2.05, 4.69) is 4.90 Å². The Balaban J connectivity index is 2.22. The van der Waals surface area contributed by atoms with Crippen molar-refractivity contribution in [3.05, 3.63) is 52.2 Å². The fraction of sp³-hybridized carbons (Fsp3) is 0.385. The highest BCUT2D eigenvalue weighted by atomic mass is 16.6. The molecule has 1 aromatic carbocycles. The van der Waals surface area contributed by atoms with E-state index < -0.39 is 0 Å². The van der Waals surface area contributed by atoms with Gasteiger partial charge in [0.25, 0.3) is 5.70 Å². The minimum atomic E-state index is -0.302.